The van der Waals surface area contributed by atoms with E-state index in [1.54, 1.807) is 12.4 Å². The summed E-state index contributed by atoms with van der Waals surface area (Å²) in [7, 11) is 4.10. The van der Waals surface area contributed by atoms with Crippen molar-refractivity contribution in [3.05, 3.63) is 48.3 Å². The first-order valence-electron chi connectivity index (χ1n) is 9.49. The minimum absolute atomic E-state index is 0. The van der Waals surface area contributed by atoms with Crippen LogP contribution in [0.5, 0.6) is 0 Å². The average Bonchev–Trinajstić information content (AvgIpc) is 2.72. The predicted molar refractivity (Wildman–Crippen MR) is 127 cm³/mol. The fourth-order valence-electron chi connectivity index (χ4n) is 3.06. The van der Waals surface area contributed by atoms with Crippen molar-refractivity contribution in [2.75, 3.05) is 56.6 Å². The molecule has 8 heteroatoms. The van der Waals surface area contributed by atoms with E-state index in [0.717, 1.165) is 44.6 Å². The lowest BCUT2D eigenvalue weighted by Gasteiger charge is -2.36. The maximum atomic E-state index is 4.85. The highest BCUT2D eigenvalue weighted by Crippen LogP contribution is 2.14. The summed E-state index contributed by atoms with van der Waals surface area (Å²) in [5.41, 5.74) is 2.42. The van der Waals surface area contributed by atoms with Crippen molar-refractivity contribution >= 4 is 41.6 Å². The number of anilines is 2. The first-order chi connectivity index (χ1) is 13.2. The molecule has 1 aromatic heterocycles. The first kappa shape index (κ1) is 22.2. The number of rotatable bonds is 5. The number of halogens is 1. The normalized spacial score (nSPS) is 14.5. The van der Waals surface area contributed by atoms with Crippen molar-refractivity contribution in [1.82, 2.24) is 20.2 Å². The fraction of sp³-hybridized carbons (Fsp3) is 0.450. The molecule has 1 saturated heterocycles. The Kier molecular flexibility index (Phi) is 8.75. The van der Waals surface area contributed by atoms with E-state index in [4.69, 9.17) is 4.99 Å². The van der Waals surface area contributed by atoms with Gasteiger partial charge in [0.2, 0.25) is 5.95 Å². The van der Waals surface area contributed by atoms with Crippen LogP contribution < -0.4 is 15.1 Å². The second-order valence-corrected chi connectivity index (χ2v) is 6.75. The fourth-order valence-corrected chi connectivity index (χ4v) is 3.06. The summed E-state index contributed by atoms with van der Waals surface area (Å²) >= 11 is 0. The maximum Gasteiger partial charge on any atom is 0.225 e. The van der Waals surface area contributed by atoms with Gasteiger partial charge in [-0.2, -0.15) is 0 Å². The van der Waals surface area contributed by atoms with Gasteiger partial charge in [-0.1, -0.05) is 12.1 Å². The van der Waals surface area contributed by atoms with Crippen LogP contribution in [0.15, 0.2) is 47.7 Å². The zero-order chi connectivity index (χ0) is 19.1. The molecule has 1 aliphatic rings. The third-order valence-electron chi connectivity index (χ3n) is 4.61. The lowest BCUT2D eigenvalue weighted by Crippen LogP contribution is -2.52. The standard InChI is InChI=1S/C20H29N7.HI/c1-4-21-19(24-16-17-6-8-18(9-7-17)25(2)3)26-12-14-27(15-13-26)20-22-10-5-11-23-20;/h5-11H,4,12-16H2,1-3H3,(H,21,24);1H. The van der Waals surface area contributed by atoms with Gasteiger partial charge in [0.1, 0.15) is 0 Å². The lowest BCUT2D eigenvalue weighted by molar-refractivity contribution is 0.370. The van der Waals surface area contributed by atoms with Crippen LogP contribution in [0.3, 0.4) is 0 Å². The van der Waals surface area contributed by atoms with E-state index in [1.807, 2.05) is 6.07 Å². The van der Waals surface area contributed by atoms with E-state index in [-0.39, 0.29) is 24.0 Å². The Morgan fingerprint density at radius 1 is 1.07 bits per heavy atom. The SMILES string of the molecule is CCNC(=NCc1ccc(N(C)C)cc1)N1CCN(c2ncccn2)CC1.I. The lowest BCUT2D eigenvalue weighted by atomic mass is 10.2. The molecule has 0 atom stereocenters. The molecule has 0 bridgehead atoms. The topological polar surface area (TPSA) is 59.9 Å². The quantitative estimate of drug-likeness (QED) is 0.391. The van der Waals surface area contributed by atoms with Crippen LogP contribution in [-0.2, 0) is 6.54 Å². The number of aliphatic imine (C=N–C) groups is 1. The molecule has 7 nitrogen and oxygen atoms in total. The number of nitrogens with one attached hydrogen (secondary N) is 1. The van der Waals surface area contributed by atoms with Gasteiger partial charge in [-0.25, -0.2) is 15.0 Å². The molecular formula is C20H30IN7. The first-order valence-corrected chi connectivity index (χ1v) is 9.49. The van der Waals surface area contributed by atoms with Crippen LogP contribution in [0, 0.1) is 0 Å². The molecule has 1 aliphatic heterocycles. The predicted octanol–water partition coefficient (Wildman–Crippen LogP) is 2.45. The number of guanidine groups is 1. The van der Waals surface area contributed by atoms with Crippen molar-refractivity contribution in [3.63, 3.8) is 0 Å². The number of piperazine rings is 1. The third kappa shape index (κ3) is 5.95. The maximum absolute atomic E-state index is 4.85. The van der Waals surface area contributed by atoms with Gasteiger partial charge in [0.15, 0.2) is 5.96 Å². The zero-order valence-electron chi connectivity index (χ0n) is 16.9. The van der Waals surface area contributed by atoms with E-state index < -0.39 is 0 Å². The van der Waals surface area contributed by atoms with Crippen LogP contribution in [0.4, 0.5) is 11.6 Å². The Bertz CT molecular complexity index is 726. The monoisotopic (exact) mass is 495 g/mol. The van der Waals surface area contributed by atoms with Crippen LogP contribution in [0.25, 0.3) is 0 Å². The number of hydrogen-bond acceptors (Lipinski definition) is 5. The van der Waals surface area contributed by atoms with Crippen LogP contribution >= 0.6 is 24.0 Å². The molecule has 1 fully saturated rings. The van der Waals surface area contributed by atoms with Crippen molar-refractivity contribution in [3.8, 4) is 0 Å². The number of hydrogen-bond donors (Lipinski definition) is 1. The highest BCUT2D eigenvalue weighted by molar-refractivity contribution is 14.0. The Hall–Kier alpha value is -2.10. The molecule has 1 N–H and O–H groups in total. The van der Waals surface area contributed by atoms with E-state index in [1.165, 1.54) is 11.3 Å². The molecule has 2 heterocycles. The van der Waals surface area contributed by atoms with Crippen LogP contribution in [0.2, 0.25) is 0 Å². The van der Waals surface area contributed by atoms with Gasteiger partial charge in [0.25, 0.3) is 0 Å². The molecule has 3 rings (SSSR count). The summed E-state index contributed by atoms with van der Waals surface area (Å²) in [6.07, 6.45) is 3.59. The third-order valence-corrected chi connectivity index (χ3v) is 4.61. The summed E-state index contributed by atoms with van der Waals surface area (Å²) in [5.74, 6) is 1.78. The van der Waals surface area contributed by atoms with E-state index in [0.29, 0.717) is 6.54 Å². The summed E-state index contributed by atoms with van der Waals surface area (Å²) < 4.78 is 0. The van der Waals surface area contributed by atoms with Crippen LogP contribution in [0.1, 0.15) is 12.5 Å². The average molecular weight is 495 g/mol. The minimum atomic E-state index is 0. The molecule has 0 radical (unpaired) electrons. The molecule has 0 saturated carbocycles. The van der Waals surface area contributed by atoms with Gasteiger partial charge in [-0.15, -0.1) is 24.0 Å². The summed E-state index contributed by atoms with van der Waals surface area (Å²) in [4.78, 5) is 20.2. The highest BCUT2D eigenvalue weighted by atomic mass is 127. The van der Waals surface area contributed by atoms with Crippen molar-refractivity contribution in [1.29, 1.82) is 0 Å². The Labute approximate surface area is 184 Å². The second-order valence-electron chi connectivity index (χ2n) is 6.75. The van der Waals surface area contributed by atoms with Gasteiger partial charge in [0, 0.05) is 64.9 Å². The summed E-state index contributed by atoms with van der Waals surface area (Å²) in [6.45, 7) is 7.25. The number of nitrogens with zero attached hydrogens (tertiary/aromatic N) is 6. The molecule has 0 aliphatic carbocycles. The molecule has 28 heavy (non-hydrogen) atoms. The zero-order valence-corrected chi connectivity index (χ0v) is 19.2. The van der Waals surface area contributed by atoms with Crippen molar-refractivity contribution in [2.24, 2.45) is 4.99 Å². The Morgan fingerprint density at radius 2 is 1.71 bits per heavy atom. The van der Waals surface area contributed by atoms with Gasteiger partial charge in [-0.3, -0.25) is 0 Å². The molecule has 2 aromatic rings. The largest absolute Gasteiger partial charge is 0.378 e. The second kappa shape index (κ2) is 11.0. The molecule has 0 spiro atoms. The molecule has 152 valence electrons. The Morgan fingerprint density at radius 3 is 2.29 bits per heavy atom. The van der Waals surface area contributed by atoms with Crippen molar-refractivity contribution < 1.29 is 0 Å². The number of aromatic nitrogens is 2. The smallest absolute Gasteiger partial charge is 0.225 e. The highest BCUT2D eigenvalue weighted by Gasteiger charge is 2.20. The minimum Gasteiger partial charge on any atom is -0.378 e. The molecule has 0 amide bonds. The van der Waals surface area contributed by atoms with Gasteiger partial charge in [-0.05, 0) is 30.7 Å². The van der Waals surface area contributed by atoms with E-state index in [9.17, 15) is 0 Å². The van der Waals surface area contributed by atoms with Crippen LogP contribution in [-0.4, -0.2) is 67.6 Å². The molecule has 1 aromatic carbocycles. The van der Waals surface area contributed by atoms with Crippen molar-refractivity contribution in [2.45, 2.75) is 13.5 Å². The Balaban J connectivity index is 0.00000280. The number of benzene rings is 1. The molecular weight excluding hydrogens is 465 g/mol. The van der Waals surface area contributed by atoms with Gasteiger partial charge >= 0.3 is 0 Å². The van der Waals surface area contributed by atoms with E-state index in [2.05, 4.69) is 75.3 Å². The van der Waals surface area contributed by atoms with Gasteiger partial charge < -0.3 is 20.0 Å². The summed E-state index contributed by atoms with van der Waals surface area (Å²) in [5, 5.41) is 3.42. The van der Waals surface area contributed by atoms with E-state index >= 15 is 0 Å². The summed E-state index contributed by atoms with van der Waals surface area (Å²) in [6, 6.07) is 10.4. The molecule has 0 unspecified atom stereocenters. The van der Waals surface area contributed by atoms with Gasteiger partial charge in [0.05, 0.1) is 6.54 Å².